The Morgan fingerprint density at radius 1 is 1.29 bits per heavy atom. The van der Waals surface area contributed by atoms with E-state index in [-0.39, 0.29) is 5.91 Å². The van der Waals surface area contributed by atoms with Crippen molar-refractivity contribution in [1.82, 2.24) is 4.98 Å². The summed E-state index contributed by atoms with van der Waals surface area (Å²) >= 11 is 1.40. The van der Waals surface area contributed by atoms with E-state index in [9.17, 15) is 9.59 Å². The molecule has 1 aromatic carbocycles. The first-order chi connectivity index (χ1) is 9.94. The molecule has 1 aromatic heterocycles. The van der Waals surface area contributed by atoms with Crippen LogP contribution in [0, 0.1) is 13.8 Å². The molecule has 0 spiro atoms. The number of rotatable bonds is 4. The highest BCUT2D eigenvalue weighted by Gasteiger charge is 2.09. The number of carbonyl (C=O) groups excluding carboxylic acids is 1. The molecular formula is C15H14N2O3S. The minimum atomic E-state index is -1.03. The lowest BCUT2D eigenvalue weighted by atomic mass is 10.1. The van der Waals surface area contributed by atoms with Crippen molar-refractivity contribution in [2.45, 2.75) is 13.8 Å². The van der Waals surface area contributed by atoms with Crippen molar-refractivity contribution in [3.05, 3.63) is 52.0 Å². The molecule has 2 rings (SSSR count). The van der Waals surface area contributed by atoms with E-state index >= 15 is 0 Å². The van der Waals surface area contributed by atoms with Gasteiger partial charge >= 0.3 is 5.97 Å². The molecule has 0 aliphatic rings. The van der Waals surface area contributed by atoms with Gasteiger partial charge in [0.25, 0.3) is 5.91 Å². The predicted molar refractivity (Wildman–Crippen MR) is 82.7 cm³/mol. The molecule has 0 aliphatic heterocycles. The molecule has 5 nitrogen and oxygen atoms in total. The van der Waals surface area contributed by atoms with Gasteiger partial charge in [0.2, 0.25) is 0 Å². The molecule has 21 heavy (non-hydrogen) atoms. The number of aryl methyl sites for hydroxylation is 2. The van der Waals surface area contributed by atoms with Gasteiger partial charge in [-0.25, -0.2) is 9.78 Å². The zero-order chi connectivity index (χ0) is 15.4. The van der Waals surface area contributed by atoms with Gasteiger partial charge in [-0.1, -0.05) is 6.07 Å². The van der Waals surface area contributed by atoms with Crippen molar-refractivity contribution >= 4 is 34.4 Å². The lowest BCUT2D eigenvalue weighted by Crippen LogP contribution is -2.12. The number of hydrogen-bond donors (Lipinski definition) is 2. The summed E-state index contributed by atoms with van der Waals surface area (Å²) in [5, 5.41) is 11.9. The number of nitrogens with one attached hydrogen (secondary N) is 1. The summed E-state index contributed by atoms with van der Waals surface area (Å²) in [6.07, 6.45) is 4.19. The molecule has 0 aliphatic carbocycles. The van der Waals surface area contributed by atoms with Gasteiger partial charge in [0, 0.05) is 22.7 Å². The van der Waals surface area contributed by atoms with E-state index < -0.39 is 5.97 Å². The zero-order valence-electron chi connectivity index (χ0n) is 11.6. The van der Waals surface area contributed by atoms with Crippen LogP contribution in [-0.4, -0.2) is 22.0 Å². The van der Waals surface area contributed by atoms with Crippen LogP contribution in [0.15, 0.2) is 30.5 Å². The second-order valence-electron chi connectivity index (χ2n) is 4.53. The average molecular weight is 302 g/mol. The highest BCUT2D eigenvalue weighted by atomic mass is 32.1. The maximum atomic E-state index is 12.2. The fourth-order valence-corrected chi connectivity index (χ4v) is 2.45. The maximum absolute atomic E-state index is 12.2. The van der Waals surface area contributed by atoms with Crippen molar-refractivity contribution in [2.24, 2.45) is 0 Å². The van der Waals surface area contributed by atoms with Crippen molar-refractivity contribution in [3.8, 4) is 0 Å². The Balaban J connectivity index is 2.22. The third-order valence-corrected chi connectivity index (χ3v) is 3.45. The van der Waals surface area contributed by atoms with Crippen molar-refractivity contribution < 1.29 is 14.7 Å². The van der Waals surface area contributed by atoms with Gasteiger partial charge in [0.15, 0.2) is 5.13 Å². The summed E-state index contributed by atoms with van der Waals surface area (Å²) < 4.78 is 0. The summed E-state index contributed by atoms with van der Waals surface area (Å²) in [4.78, 5) is 27.8. The Labute approximate surface area is 126 Å². The van der Waals surface area contributed by atoms with Gasteiger partial charge in [-0.2, -0.15) is 0 Å². The number of hydrogen-bond acceptors (Lipinski definition) is 4. The lowest BCUT2D eigenvalue weighted by molar-refractivity contribution is -0.131. The fourth-order valence-electron chi connectivity index (χ4n) is 1.79. The topological polar surface area (TPSA) is 79.3 Å². The summed E-state index contributed by atoms with van der Waals surface area (Å²) in [5.41, 5.74) is 2.01. The van der Waals surface area contributed by atoms with E-state index in [1.165, 1.54) is 17.4 Å². The van der Waals surface area contributed by atoms with E-state index in [0.29, 0.717) is 16.3 Å². The maximum Gasteiger partial charge on any atom is 0.328 e. The van der Waals surface area contributed by atoms with Crippen LogP contribution in [0.2, 0.25) is 0 Å². The normalized spacial score (nSPS) is 10.8. The molecule has 1 heterocycles. The number of carbonyl (C=O) groups is 2. The van der Waals surface area contributed by atoms with Gasteiger partial charge in [-0.3, -0.25) is 10.1 Å². The third-order valence-electron chi connectivity index (χ3n) is 2.62. The van der Waals surface area contributed by atoms with Crippen LogP contribution in [0.1, 0.15) is 26.4 Å². The summed E-state index contributed by atoms with van der Waals surface area (Å²) in [5.74, 6) is -1.29. The summed E-state index contributed by atoms with van der Waals surface area (Å²) in [7, 11) is 0. The van der Waals surface area contributed by atoms with Gasteiger partial charge < -0.3 is 5.11 Å². The van der Waals surface area contributed by atoms with Crippen LogP contribution in [0.5, 0.6) is 0 Å². The van der Waals surface area contributed by atoms with Crippen LogP contribution in [0.4, 0.5) is 5.13 Å². The molecule has 0 radical (unpaired) electrons. The first-order valence-electron chi connectivity index (χ1n) is 6.20. The Bertz CT molecular complexity index is 719. The van der Waals surface area contributed by atoms with Crippen LogP contribution >= 0.6 is 11.3 Å². The summed E-state index contributed by atoms with van der Waals surface area (Å²) in [6.45, 7) is 3.76. The summed E-state index contributed by atoms with van der Waals surface area (Å²) in [6, 6.07) is 5.19. The number of aliphatic carboxylic acids is 1. The number of aromatic nitrogens is 1. The molecule has 108 valence electrons. The lowest BCUT2D eigenvalue weighted by Gasteiger charge is -2.05. The molecule has 0 saturated carbocycles. The van der Waals surface area contributed by atoms with E-state index in [4.69, 9.17) is 5.11 Å². The second-order valence-corrected chi connectivity index (χ2v) is 5.77. The van der Waals surface area contributed by atoms with Crippen LogP contribution < -0.4 is 5.32 Å². The van der Waals surface area contributed by atoms with Crippen molar-refractivity contribution in [2.75, 3.05) is 5.32 Å². The molecule has 0 unspecified atom stereocenters. The largest absolute Gasteiger partial charge is 0.478 e. The first kappa shape index (κ1) is 14.9. The number of thiazole rings is 1. The Morgan fingerprint density at radius 2 is 2.05 bits per heavy atom. The molecule has 0 bridgehead atoms. The minimum Gasteiger partial charge on any atom is -0.478 e. The first-order valence-corrected chi connectivity index (χ1v) is 7.02. The molecule has 2 N–H and O–H groups in total. The van der Waals surface area contributed by atoms with Crippen LogP contribution in [0.25, 0.3) is 6.08 Å². The standard InChI is InChI=1S/C15H14N2O3S/c1-9-5-11(3-4-13(18)19)7-12(6-9)14(20)17-15-16-8-10(2)21-15/h3-8H,1-2H3,(H,18,19)(H,16,17,20)/b4-3+. The highest BCUT2D eigenvalue weighted by molar-refractivity contribution is 7.15. The minimum absolute atomic E-state index is 0.266. The molecule has 6 heteroatoms. The quantitative estimate of drug-likeness (QED) is 0.850. The van der Waals surface area contributed by atoms with Gasteiger partial charge in [-0.15, -0.1) is 11.3 Å². The zero-order valence-corrected chi connectivity index (χ0v) is 12.4. The van der Waals surface area contributed by atoms with E-state index in [1.54, 1.807) is 18.3 Å². The smallest absolute Gasteiger partial charge is 0.328 e. The third kappa shape index (κ3) is 4.25. The monoisotopic (exact) mass is 302 g/mol. The van der Waals surface area contributed by atoms with Crippen LogP contribution in [0.3, 0.4) is 0 Å². The average Bonchev–Trinajstić information content (AvgIpc) is 2.81. The van der Waals surface area contributed by atoms with Gasteiger partial charge in [0.1, 0.15) is 0 Å². The molecule has 0 atom stereocenters. The molecular weight excluding hydrogens is 288 g/mol. The number of carboxylic acids is 1. The Kier molecular flexibility index (Phi) is 4.49. The molecule has 0 saturated heterocycles. The SMILES string of the molecule is Cc1cc(/C=C/C(=O)O)cc(C(=O)Nc2ncc(C)s2)c1. The van der Waals surface area contributed by atoms with E-state index in [0.717, 1.165) is 16.5 Å². The number of amides is 1. The fraction of sp³-hybridized carbons (Fsp3) is 0.133. The predicted octanol–water partition coefficient (Wildman–Crippen LogP) is 3.11. The van der Waals surface area contributed by atoms with Crippen LogP contribution in [-0.2, 0) is 4.79 Å². The van der Waals surface area contributed by atoms with Gasteiger partial charge in [0.05, 0.1) is 0 Å². The number of carboxylic acid groups (broad SMARTS) is 1. The molecule has 1 amide bonds. The molecule has 2 aromatic rings. The number of benzene rings is 1. The highest BCUT2D eigenvalue weighted by Crippen LogP contribution is 2.18. The molecule has 0 fully saturated rings. The Morgan fingerprint density at radius 3 is 2.67 bits per heavy atom. The Hall–Kier alpha value is -2.47. The van der Waals surface area contributed by atoms with Gasteiger partial charge in [-0.05, 0) is 43.2 Å². The van der Waals surface area contributed by atoms with Crippen molar-refractivity contribution in [1.29, 1.82) is 0 Å². The second kappa shape index (κ2) is 6.32. The number of anilines is 1. The van der Waals surface area contributed by atoms with E-state index in [2.05, 4.69) is 10.3 Å². The van der Waals surface area contributed by atoms with E-state index in [1.807, 2.05) is 19.9 Å². The van der Waals surface area contributed by atoms with Crippen molar-refractivity contribution in [3.63, 3.8) is 0 Å². The number of nitrogens with zero attached hydrogens (tertiary/aromatic N) is 1.